The van der Waals surface area contributed by atoms with Crippen molar-refractivity contribution >= 4 is 27.5 Å². The normalized spacial score (nSPS) is 12.2. The van der Waals surface area contributed by atoms with Gasteiger partial charge in [-0.2, -0.15) is 0 Å². The van der Waals surface area contributed by atoms with E-state index in [4.69, 9.17) is 11.5 Å². The van der Waals surface area contributed by atoms with E-state index in [9.17, 15) is 4.79 Å². The number of nitrogens with one attached hydrogen (secondary N) is 1. The Morgan fingerprint density at radius 3 is 2.80 bits per heavy atom. The van der Waals surface area contributed by atoms with Crippen LogP contribution in [0.25, 0.3) is 0 Å². The fourth-order valence-corrected chi connectivity index (χ4v) is 1.48. The lowest BCUT2D eigenvalue weighted by atomic mass is 10.1. The average molecular weight is 272 g/mol. The van der Waals surface area contributed by atoms with Crippen molar-refractivity contribution in [1.82, 2.24) is 5.32 Å². The molecule has 0 saturated heterocycles. The number of rotatable bonds is 3. The van der Waals surface area contributed by atoms with Gasteiger partial charge in [0, 0.05) is 22.7 Å². The monoisotopic (exact) mass is 271 g/mol. The van der Waals surface area contributed by atoms with Crippen molar-refractivity contribution in [1.29, 1.82) is 0 Å². The van der Waals surface area contributed by atoms with Gasteiger partial charge in [0.2, 0.25) is 0 Å². The highest BCUT2D eigenvalue weighted by Gasteiger charge is 2.11. The van der Waals surface area contributed by atoms with Gasteiger partial charge in [-0.1, -0.05) is 15.9 Å². The van der Waals surface area contributed by atoms with Gasteiger partial charge in [-0.3, -0.25) is 4.79 Å². The Hall–Kier alpha value is -1.07. The summed E-state index contributed by atoms with van der Waals surface area (Å²) in [5, 5.41) is 2.75. The number of nitrogen functional groups attached to an aromatic ring is 1. The first-order valence-corrected chi connectivity index (χ1v) is 5.40. The lowest BCUT2D eigenvalue weighted by Gasteiger charge is -2.12. The smallest absolute Gasteiger partial charge is 0.253 e. The molecule has 82 valence electrons. The Morgan fingerprint density at radius 2 is 2.27 bits per heavy atom. The van der Waals surface area contributed by atoms with Crippen LogP contribution in [-0.4, -0.2) is 18.5 Å². The van der Waals surface area contributed by atoms with Gasteiger partial charge >= 0.3 is 0 Å². The molecule has 0 spiro atoms. The zero-order valence-corrected chi connectivity index (χ0v) is 10.0. The number of anilines is 1. The zero-order valence-electron chi connectivity index (χ0n) is 8.46. The van der Waals surface area contributed by atoms with Crippen LogP contribution in [0.4, 0.5) is 5.69 Å². The molecule has 1 rings (SSSR count). The van der Waals surface area contributed by atoms with Crippen molar-refractivity contribution in [3.63, 3.8) is 0 Å². The molecular weight excluding hydrogens is 258 g/mol. The van der Waals surface area contributed by atoms with E-state index in [1.165, 1.54) is 0 Å². The fourth-order valence-electron chi connectivity index (χ4n) is 1.10. The van der Waals surface area contributed by atoms with E-state index in [0.717, 1.165) is 4.47 Å². The van der Waals surface area contributed by atoms with E-state index in [1.807, 2.05) is 6.92 Å². The number of hydrogen-bond acceptors (Lipinski definition) is 3. The van der Waals surface area contributed by atoms with E-state index in [2.05, 4.69) is 21.2 Å². The Kier molecular flexibility index (Phi) is 4.11. The van der Waals surface area contributed by atoms with Crippen molar-refractivity contribution in [2.24, 2.45) is 5.73 Å². The molecule has 5 heteroatoms. The first kappa shape index (κ1) is 12.0. The van der Waals surface area contributed by atoms with Crippen LogP contribution >= 0.6 is 15.9 Å². The predicted octanol–water partition coefficient (Wildman–Crippen LogP) is 1.11. The van der Waals surface area contributed by atoms with E-state index in [0.29, 0.717) is 17.8 Å². The van der Waals surface area contributed by atoms with E-state index < -0.39 is 0 Å². The van der Waals surface area contributed by atoms with Crippen LogP contribution in [0.2, 0.25) is 0 Å². The minimum Gasteiger partial charge on any atom is -0.398 e. The van der Waals surface area contributed by atoms with Crippen LogP contribution in [0.15, 0.2) is 22.7 Å². The van der Waals surface area contributed by atoms with Crippen molar-refractivity contribution in [3.8, 4) is 0 Å². The third kappa shape index (κ3) is 3.21. The van der Waals surface area contributed by atoms with Crippen molar-refractivity contribution in [2.75, 3.05) is 12.3 Å². The summed E-state index contributed by atoms with van der Waals surface area (Å²) in [5.41, 5.74) is 12.0. The number of hydrogen-bond donors (Lipinski definition) is 3. The van der Waals surface area contributed by atoms with Gasteiger partial charge in [-0.25, -0.2) is 0 Å². The highest BCUT2D eigenvalue weighted by Crippen LogP contribution is 2.18. The molecular formula is C10H14BrN3O. The molecule has 0 aliphatic rings. The predicted molar refractivity (Wildman–Crippen MR) is 64.5 cm³/mol. The highest BCUT2D eigenvalue weighted by molar-refractivity contribution is 9.10. The highest BCUT2D eigenvalue weighted by atomic mass is 79.9. The molecule has 1 atom stereocenters. The summed E-state index contributed by atoms with van der Waals surface area (Å²) in [5.74, 6) is -0.196. The van der Waals surface area contributed by atoms with Gasteiger partial charge in [0.1, 0.15) is 0 Å². The van der Waals surface area contributed by atoms with Gasteiger partial charge in [-0.15, -0.1) is 0 Å². The third-order valence-corrected chi connectivity index (χ3v) is 2.48. The van der Waals surface area contributed by atoms with Crippen LogP contribution in [-0.2, 0) is 0 Å². The van der Waals surface area contributed by atoms with Crippen LogP contribution in [0, 0.1) is 0 Å². The second kappa shape index (κ2) is 5.14. The fraction of sp³-hybridized carbons (Fsp3) is 0.300. The molecule has 0 saturated carbocycles. The molecule has 0 unspecified atom stereocenters. The number of benzene rings is 1. The molecule has 0 heterocycles. The molecule has 4 nitrogen and oxygen atoms in total. The van der Waals surface area contributed by atoms with Crippen LogP contribution in [0.1, 0.15) is 17.3 Å². The van der Waals surface area contributed by atoms with Crippen LogP contribution < -0.4 is 16.8 Å². The minimum atomic E-state index is -0.196. The van der Waals surface area contributed by atoms with Gasteiger partial charge in [0.05, 0.1) is 5.56 Å². The molecule has 1 aromatic rings. The van der Waals surface area contributed by atoms with Gasteiger partial charge < -0.3 is 16.8 Å². The van der Waals surface area contributed by atoms with Crippen molar-refractivity contribution in [2.45, 2.75) is 13.0 Å². The first-order chi connectivity index (χ1) is 7.04. The Balaban J connectivity index is 2.82. The van der Waals surface area contributed by atoms with Crippen molar-refractivity contribution < 1.29 is 4.79 Å². The second-order valence-electron chi connectivity index (χ2n) is 3.34. The molecule has 0 radical (unpaired) electrons. The van der Waals surface area contributed by atoms with E-state index in [-0.39, 0.29) is 11.9 Å². The molecule has 1 aromatic carbocycles. The summed E-state index contributed by atoms with van der Waals surface area (Å²) in [6, 6.07) is 5.10. The lowest BCUT2D eigenvalue weighted by Crippen LogP contribution is -2.38. The average Bonchev–Trinajstić information content (AvgIpc) is 2.17. The third-order valence-electron chi connectivity index (χ3n) is 1.99. The molecule has 0 aliphatic heterocycles. The van der Waals surface area contributed by atoms with Crippen LogP contribution in [0.5, 0.6) is 0 Å². The number of amides is 1. The van der Waals surface area contributed by atoms with E-state index >= 15 is 0 Å². The number of halogens is 1. The molecule has 15 heavy (non-hydrogen) atoms. The summed E-state index contributed by atoms with van der Waals surface area (Å²) in [7, 11) is 0. The summed E-state index contributed by atoms with van der Waals surface area (Å²) in [6.07, 6.45) is 0. The summed E-state index contributed by atoms with van der Waals surface area (Å²) in [6.45, 7) is 2.25. The standard InChI is InChI=1S/C10H14BrN3O/c1-6(5-12)14-10(15)8-3-2-7(11)4-9(8)13/h2-4,6H,5,12-13H2,1H3,(H,14,15)/t6-/m0/s1. The summed E-state index contributed by atoms with van der Waals surface area (Å²) >= 11 is 3.28. The van der Waals surface area contributed by atoms with Crippen LogP contribution in [0.3, 0.4) is 0 Å². The number of carbonyl (C=O) groups excluding carboxylic acids is 1. The number of nitrogens with two attached hydrogens (primary N) is 2. The second-order valence-corrected chi connectivity index (χ2v) is 4.26. The maximum Gasteiger partial charge on any atom is 0.253 e. The quantitative estimate of drug-likeness (QED) is 0.721. The summed E-state index contributed by atoms with van der Waals surface area (Å²) < 4.78 is 0.850. The first-order valence-electron chi connectivity index (χ1n) is 4.60. The largest absolute Gasteiger partial charge is 0.398 e. The molecule has 1 amide bonds. The maximum absolute atomic E-state index is 11.7. The molecule has 5 N–H and O–H groups in total. The molecule has 0 aliphatic carbocycles. The molecule has 0 fully saturated rings. The number of carbonyl (C=O) groups is 1. The Labute approximate surface area is 97.1 Å². The van der Waals surface area contributed by atoms with Gasteiger partial charge in [-0.05, 0) is 25.1 Å². The summed E-state index contributed by atoms with van der Waals surface area (Å²) in [4.78, 5) is 11.7. The SMILES string of the molecule is C[C@@H](CN)NC(=O)c1ccc(Br)cc1N. The van der Waals surface area contributed by atoms with Gasteiger partial charge in [0.15, 0.2) is 0 Å². The minimum absolute atomic E-state index is 0.0550. The zero-order chi connectivity index (χ0) is 11.4. The lowest BCUT2D eigenvalue weighted by molar-refractivity contribution is 0.0942. The molecule has 0 bridgehead atoms. The topological polar surface area (TPSA) is 81.1 Å². The Bertz CT molecular complexity index is 368. The van der Waals surface area contributed by atoms with Gasteiger partial charge in [0.25, 0.3) is 5.91 Å². The Morgan fingerprint density at radius 1 is 1.60 bits per heavy atom. The van der Waals surface area contributed by atoms with Crippen molar-refractivity contribution in [3.05, 3.63) is 28.2 Å². The van der Waals surface area contributed by atoms with E-state index in [1.54, 1.807) is 18.2 Å². The molecule has 0 aromatic heterocycles. The maximum atomic E-state index is 11.7.